The standard InChI is InChI=1S/C40H30N2/c1-3-7-35(8-4-1)41-37-23-15-31(16-24-37)11-13-33-19-27-39(28-20-33)42(36-9-5-2-6-10-36)40-29-21-34(22-30-40)14-12-32-17-25-38(41)26-18-32/h1-30H. The fourth-order valence-electron chi connectivity index (χ4n) is 5.37. The minimum absolute atomic E-state index is 1.12. The average molecular weight is 539 g/mol. The summed E-state index contributed by atoms with van der Waals surface area (Å²) in [6.45, 7) is 0. The lowest BCUT2D eigenvalue weighted by molar-refractivity contribution is 1.28. The highest BCUT2D eigenvalue weighted by atomic mass is 15.1. The Balaban J connectivity index is 1.33. The van der Waals surface area contributed by atoms with Gasteiger partial charge in [0.2, 0.25) is 0 Å². The van der Waals surface area contributed by atoms with E-state index in [-0.39, 0.29) is 0 Å². The van der Waals surface area contributed by atoms with E-state index in [9.17, 15) is 0 Å². The summed E-state index contributed by atoms with van der Waals surface area (Å²) in [5.74, 6) is 0. The summed E-state index contributed by atoms with van der Waals surface area (Å²) >= 11 is 0. The van der Waals surface area contributed by atoms with E-state index in [4.69, 9.17) is 0 Å². The van der Waals surface area contributed by atoms with Gasteiger partial charge in [-0.2, -0.15) is 0 Å². The van der Waals surface area contributed by atoms with E-state index in [0.29, 0.717) is 0 Å². The van der Waals surface area contributed by atoms with Crippen molar-refractivity contribution in [3.8, 4) is 0 Å². The minimum Gasteiger partial charge on any atom is -0.311 e. The molecule has 2 heteroatoms. The predicted octanol–water partition coefficient (Wildman–Crippen LogP) is 11.3. The summed E-state index contributed by atoms with van der Waals surface area (Å²) in [5.41, 5.74) is 11.4. The number of rotatable bonds is 2. The molecule has 0 saturated carbocycles. The first-order valence-corrected chi connectivity index (χ1v) is 14.3. The molecule has 0 amide bonds. The maximum atomic E-state index is 2.29. The Bertz CT molecular complexity index is 1580. The molecule has 0 spiro atoms. The van der Waals surface area contributed by atoms with Crippen molar-refractivity contribution < 1.29 is 0 Å². The number of nitrogens with zero attached hydrogens (tertiary/aromatic N) is 2. The van der Waals surface area contributed by atoms with Crippen molar-refractivity contribution in [3.63, 3.8) is 0 Å². The van der Waals surface area contributed by atoms with E-state index in [1.54, 1.807) is 0 Å². The minimum atomic E-state index is 1.12. The molecule has 0 fully saturated rings. The molecule has 0 aromatic heterocycles. The van der Waals surface area contributed by atoms with Gasteiger partial charge in [0.15, 0.2) is 0 Å². The van der Waals surface area contributed by atoms with Crippen LogP contribution >= 0.6 is 0 Å². The number of para-hydroxylation sites is 2. The average Bonchev–Trinajstić information content (AvgIpc) is 3.06. The summed E-state index contributed by atoms with van der Waals surface area (Å²) in [4.78, 5) is 4.59. The molecule has 13 rings (SSSR count). The molecule has 0 unspecified atom stereocenters. The zero-order valence-electron chi connectivity index (χ0n) is 23.2. The fraction of sp³-hybridized carbons (Fsp3) is 0. The summed E-state index contributed by atoms with van der Waals surface area (Å²) in [5, 5.41) is 0. The molecule has 0 N–H and O–H groups in total. The van der Waals surface area contributed by atoms with Crippen molar-refractivity contribution in [2.75, 3.05) is 9.80 Å². The second-order valence-electron chi connectivity index (χ2n) is 10.4. The molecule has 8 bridgehead atoms. The monoisotopic (exact) mass is 538 g/mol. The van der Waals surface area contributed by atoms with E-state index in [1.807, 2.05) is 0 Å². The number of hydrogen-bond donors (Lipinski definition) is 0. The first kappa shape index (κ1) is 25.4. The Morgan fingerprint density at radius 3 is 0.667 bits per heavy atom. The molecule has 6 aromatic carbocycles. The quantitative estimate of drug-likeness (QED) is 0.216. The van der Waals surface area contributed by atoms with Gasteiger partial charge in [-0.05, 0) is 95.1 Å². The van der Waals surface area contributed by atoms with Crippen LogP contribution in [-0.2, 0) is 0 Å². The summed E-state index contributed by atoms with van der Waals surface area (Å²) < 4.78 is 0. The fourth-order valence-corrected chi connectivity index (χ4v) is 5.37. The molecule has 6 aromatic rings. The Morgan fingerprint density at radius 2 is 0.429 bits per heavy atom. The lowest BCUT2D eigenvalue weighted by atomic mass is 10.1. The van der Waals surface area contributed by atoms with Gasteiger partial charge in [0.25, 0.3) is 0 Å². The Labute approximate surface area is 247 Å². The van der Waals surface area contributed by atoms with Gasteiger partial charge in [-0.3, -0.25) is 0 Å². The Morgan fingerprint density at radius 1 is 0.214 bits per heavy atom. The van der Waals surface area contributed by atoms with Gasteiger partial charge in [-0.15, -0.1) is 0 Å². The van der Waals surface area contributed by atoms with Crippen LogP contribution in [0.15, 0.2) is 158 Å². The smallest absolute Gasteiger partial charge is 0.0462 e. The van der Waals surface area contributed by atoms with Crippen molar-refractivity contribution >= 4 is 58.4 Å². The van der Waals surface area contributed by atoms with Gasteiger partial charge < -0.3 is 9.80 Å². The van der Waals surface area contributed by atoms with Gasteiger partial charge >= 0.3 is 0 Å². The van der Waals surface area contributed by atoms with E-state index in [0.717, 1.165) is 56.4 Å². The molecule has 0 atom stereocenters. The van der Waals surface area contributed by atoms with Crippen molar-refractivity contribution in [1.82, 2.24) is 0 Å². The summed E-state index contributed by atoms with van der Waals surface area (Å²) in [6.07, 6.45) is 8.69. The van der Waals surface area contributed by atoms with Crippen molar-refractivity contribution in [3.05, 3.63) is 180 Å². The van der Waals surface area contributed by atoms with Crippen molar-refractivity contribution in [2.45, 2.75) is 0 Å². The molecule has 42 heavy (non-hydrogen) atoms. The predicted molar refractivity (Wildman–Crippen MR) is 180 cm³/mol. The zero-order chi connectivity index (χ0) is 28.1. The van der Waals surface area contributed by atoms with Crippen molar-refractivity contribution in [2.24, 2.45) is 0 Å². The Hall–Kier alpha value is -5.60. The second kappa shape index (κ2) is 11.5. The van der Waals surface area contributed by atoms with Gasteiger partial charge in [0.1, 0.15) is 0 Å². The summed E-state index contributed by atoms with van der Waals surface area (Å²) in [7, 11) is 0. The van der Waals surface area contributed by atoms with E-state index >= 15 is 0 Å². The third-order valence-electron chi connectivity index (χ3n) is 7.57. The highest BCUT2D eigenvalue weighted by Gasteiger charge is 2.13. The van der Waals surface area contributed by atoms with E-state index in [1.165, 1.54) is 0 Å². The largest absolute Gasteiger partial charge is 0.311 e. The highest BCUT2D eigenvalue weighted by Crippen LogP contribution is 2.36. The van der Waals surface area contributed by atoms with E-state index < -0.39 is 0 Å². The second-order valence-corrected chi connectivity index (χ2v) is 10.4. The molecule has 0 aliphatic carbocycles. The lowest BCUT2D eigenvalue weighted by Crippen LogP contribution is -2.09. The zero-order valence-corrected chi connectivity index (χ0v) is 23.2. The molecule has 0 saturated heterocycles. The SMILES string of the molecule is C1=Cc2ccc(cc2)N(c2ccccc2)c2ccc(cc2)C=Cc2ccc(cc2)N(c2ccccc2)c2ccc1cc2. The highest BCUT2D eigenvalue weighted by molar-refractivity contribution is 5.81. The lowest BCUT2D eigenvalue weighted by Gasteiger charge is -2.26. The summed E-state index contributed by atoms with van der Waals surface area (Å²) in [6, 6.07) is 56.0. The van der Waals surface area contributed by atoms with Gasteiger partial charge in [-0.25, -0.2) is 0 Å². The van der Waals surface area contributed by atoms with Crippen LogP contribution in [0.25, 0.3) is 24.3 Å². The molecule has 2 nitrogen and oxygen atoms in total. The molecule has 0 radical (unpaired) electrons. The van der Waals surface area contributed by atoms with E-state index in [2.05, 4.69) is 192 Å². The molecule has 7 heterocycles. The third kappa shape index (κ3) is 5.39. The molecule has 7 aliphatic rings. The van der Waals surface area contributed by atoms with Crippen LogP contribution in [0.1, 0.15) is 22.3 Å². The topological polar surface area (TPSA) is 6.48 Å². The molecule has 200 valence electrons. The van der Waals surface area contributed by atoms with Crippen LogP contribution in [0.2, 0.25) is 0 Å². The first-order valence-electron chi connectivity index (χ1n) is 14.3. The van der Waals surface area contributed by atoms with Crippen LogP contribution in [0.3, 0.4) is 0 Å². The third-order valence-corrected chi connectivity index (χ3v) is 7.57. The van der Waals surface area contributed by atoms with Crippen LogP contribution in [0, 0.1) is 0 Å². The van der Waals surface area contributed by atoms with Gasteiger partial charge in [0, 0.05) is 34.1 Å². The normalized spacial score (nSPS) is 12.5. The van der Waals surface area contributed by atoms with Gasteiger partial charge in [0.05, 0.1) is 0 Å². The molecule has 7 aliphatic heterocycles. The number of hydrogen-bond acceptors (Lipinski definition) is 2. The van der Waals surface area contributed by atoms with Crippen LogP contribution < -0.4 is 9.80 Å². The molecular formula is C40H30N2. The van der Waals surface area contributed by atoms with Crippen LogP contribution in [0.5, 0.6) is 0 Å². The maximum absolute atomic E-state index is 2.29. The van der Waals surface area contributed by atoms with Gasteiger partial charge in [-0.1, -0.05) is 109 Å². The van der Waals surface area contributed by atoms with Crippen LogP contribution in [0.4, 0.5) is 34.1 Å². The number of benzene rings is 6. The Kier molecular flexibility index (Phi) is 6.94. The molecular weight excluding hydrogens is 508 g/mol. The number of anilines is 6. The van der Waals surface area contributed by atoms with Crippen LogP contribution in [-0.4, -0.2) is 0 Å². The van der Waals surface area contributed by atoms with Crippen molar-refractivity contribution in [1.29, 1.82) is 0 Å². The first-order chi connectivity index (χ1) is 20.8. The maximum Gasteiger partial charge on any atom is 0.0462 e.